The van der Waals surface area contributed by atoms with Gasteiger partial charge in [0.1, 0.15) is 11.2 Å². The zero-order valence-corrected chi connectivity index (χ0v) is 20.1. The smallest absolute Gasteiger partial charge is 0.145 e. The van der Waals surface area contributed by atoms with Gasteiger partial charge in [0, 0.05) is 27.9 Å². The molecule has 168 valence electrons. The molecule has 0 radical (unpaired) electrons. The molecule has 0 atom stereocenters. The molecule has 2 heterocycles. The van der Waals surface area contributed by atoms with Gasteiger partial charge in [0.15, 0.2) is 0 Å². The summed E-state index contributed by atoms with van der Waals surface area (Å²) in [5, 5.41) is 2.42. The third-order valence-corrected chi connectivity index (χ3v) is 8.40. The molecule has 1 spiro atoms. The van der Waals surface area contributed by atoms with Gasteiger partial charge < -0.3 is 4.42 Å². The number of aryl methyl sites for hydroxylation is 1. The van der Waals surface area contributed by atoms with Crippen molar-refractivity contribution in [3.63, 3.8) is 0 Å². The van der Waals surface area contributed by atoms with Gasteiger partial charge in [0.05, 0.1) is 5.69 Å². The van der Waals surface area contributed by atoms with Crippen LogP contribution in [0.3, 0.4) is 0 Å². The van der Waals surface area contributed by atoms with E-state index in [1.807, 2.05) is 6.20 Å². The average Bonchev–Trinajstić information content (AvgIpc) is 3.54. The highest BCUT2D eigenvalue weighted by atomic mass is 16.3. The summed E-state index contributed by atoms with van der Waals surface area (Å²) in [6, 6.07) is 22.6. The lowest BCUT2D eigenvalue weighted by atomic mass is 9.76. The van der Waals surface area contributed by atoms with Crippen LogP contribution in [0.25, 0.3) is 44.3 Å². The van der Waals surface area contributed by atoms with Crippen molar-refractivity contribution >= 4 is 21.9 Å². The van der Waals surface area contributed by atoms with Gasteiger partial charge in [-0.2, -0.15) is 0 Å². The quantitative estimate of drug-likeness (QED) is 0.272. The highest BCUT2D eigenvalue weighted by Crippen LogP contribution is 2.58. The standard InChI is InChI=1S/C32H29NO/c1-19(2)21-12-15-33-28(16-21)30-20(3)10-11-23-25-17-27-24(18-29(25)34-31(23)30)22-8-4-5-9-26(22)32(27)13-6-7-14-32/h4-5,8-12,15-19H,6-7,13-14H2,1-3H3. The summed E-state index contributed by atoms with van der Waals surface area (Å²) in [5.74, 6) is 0.461. The molecule has 0 saturated heterocycles. The van der Waals surface area contributed by atoms with E-state index in [0.29, 0.717) is 5.92 Å². The minimum Gasteiger partial charge on any atom is -0.455 e. The number of hydrogen-bond acceptors (Lipinski definition) is 2. The van der Waals surface area contributed by atoms with Gasteiger partial charge >= 0.3 is 0 Å². The van der Waals surface area contributed by atoms with Crippen LogP contribution in [0.1, 0.15) is 67.7 Å². The highest BCUT2D eigenvalue weighted by molar-refractivity contribution is 6.11. The lowest BCUT2D eigenvalue weighted by Gasteiger charge is -2.26. The molecule has 34 heavy (non-hydrogen) atoms. The summed E-state index contributed by atoms with van der Waals surface area (Å²) < 4.78 is 6.67. The van der Waals surface area contributed by atoms with Gasteiger partial charge in [-0.15, -0.1) is 0 Å². The highest BCUT2D eigenvalue weighted by Gasteiger charge is 2.45. The van der Waals surface area contributed by atoms with Crippen LogP contribution in [0.2, 0.25) is 0 Å². The maximum atomic E-state index is 6.67. The number of nitrogens with zero attached hydrogens (tertiary/aromatic N) is 1. The number of benzene rings is 3. The third kappa shape index (κ3) is 2.60. The second kappa shape index (κ2) is 7.06. The van der Waals surface area contributed by atoms with E-state index in [-0.39, 0.29) is 5.41 Å². The first-order valence-corrected chi connectivity index (χ1v) is 12.6. The van der Waals surface area contributed by atoms with Gasteiger partial charge in [0.25, 0.3) is 0 Å². The van der Waals surface area contributed by atoms with E-state index in [9.17, 15) is 0 Å². The fraction of sp³-hybridized carbons (Fsp3) is 0.281. The van der Waals surface area contributed by atoms with Crippen LogP contribution in [-0.2, 0) is 5.41 Å². The summed E-state index contributed by atoms with van der Waals surface area (Å²) >= 11 is 0. The number of hydrogen-bond donors (Lipinski definition) is 0. The third-order valence-electron chi connectivity index (χ3n) is 8.40. The number of aromatic nitrogens is 1. The SMILES string of the molecule is Cc1ccc2c(oc3cc4c(cc32)C2(CCCC2)c2ccccc2-4)c1-c1cc(C(C)C)ccn1. The first-order chi connectivity index (χ1) is 16.6. The van der Waals surface area contributed by atoms with Crippen LogP contribution in [0, 0.1) is 6.92 Å². The van der Waals surface area contributed by atoms with Crippen LogP contribution in [0.4, 0.5) is 0 Å². The van der Waals surface area contributed by atoms with Gasteiger partial charge in [0.2, 0.25) is 0 Å². The molecule has 1 saturated carbocycles. The van der Waals surface area contributed by atoms with Gasteiger partial charge in [-0.05, 0) is 83.3 Å². The topological polar surface area (TPSA) is 26.0 Å². The van der Waals surface area contributed by atoms with E-state index in [1.54, 1.807) is 0 Å². The maximum Gasteiger partial charge on any atom is 0.145 e. The Morgan fingerprint density at radius 3 is 2.50 bits per heavy atom. The fourth-order valence-electron chi connectivity index (χ4n) is 6.66. The Morgan fingerprint density at radius 1 is 0.853 bits per heavy atom. The van der Waals surface area contributed by atoms with Crippen molar-refractivity contribution < 1.29 is 4.42 Å². The molecule has 2 heteroatoms. The van der Waals surface area contributed by atoms with Crippen molar-refractivity contribution in [1.82, 2.24) is 4.98 Å². The monoisotopic (exact) mass is 443 g/mol. The van der Waals surface area contributed by atoms with Crippen molar-refractivity contribution in [3.8, 4) is 22.4 Å². The molecule has 0 aliphatic heterocycles. The number of rotatable bonds is 2. The van der Waals surface area contributed by atoms with Crippen LogP contribution in [0.15, 0.2) is 71.3 Å². The normalized spacial score (nSPS) is 16.1. The lowest BCUT2D eigenvalue weighted by Crippen LogP contribution is -2.20. The Morgan fingerprint density at radius 2 is 1.68 bits per heavy atom. The Bertz CT molecular complexity index is 1600. The zero-order chi connectivity index (χ0) is 23.0. The summed E-state index contributed by atoms with van der Waals surface area (Å²) in [6.07, 6.45) is 7.03. The van der Waals surface area contributed by atoms with Crippen LogP contribution < -0.4 is 0 Å². The molecular weight excluding hydrogens is 414 g/mol. The average molecular weight is 444 g/mol. The van der Waals surface area contributed by atoms with Crippen molar-refractivity contribution in [3.05, 3.63) is 89.1 Å². The van der Waals surface area contributed by atoms with Crippen molar-refractivity contribution in [1.29, 1.82) is 0 Å². The second-order valence-electron chi connectivity index (χ2n) is 10.6. The Kier molecular flexibility index (Phi) is 4.16. The molecule has 3 aromatic carbocycles. The van der Waals surface area contributed by atoms with E-state index in [1.165, 1.54) is 69.8 Å². The van der Waals surface area contributed by atoms with Crippen molar-refractivity contribution in [2.24, 2.45) is 0 Å². The number of furan rings is 1. The van der Waals surface area contributed by atoms with Crippen molar-refractivity contribution in [2.75, 3.05) is 0 Å². The van der Waals surface area contributed by atoms with E-state index in [4.69, 9.17) is 9.40 Å². The number of pyridine rings is 1. The van der Waals surface area contributed by atoms with Crippen LogP contribution in [0.5, 0.6) is 0 Å². The minimum absolute atomic E-state index is 0.171. The fourth-order valence-corrected chi connectivity index (χ4v) is 6.66. The summed E-state index contributed by atoms with van der Waals surface area (Å²) in [7, 11) is 0. The second-order valence-corrected chi connectivity index (χ2v) is 10.6. The van der Waals surface area contributed by atoms with Gasteiger partial charge in [-0.1, -0.05) is 63.1 Å². The molecule has 0 unspecified atom stereocenters. The maximum absolute atomic E-state index is 6.67. The van der Waals surface area contributed by atoms with E-state index < -0.39 is 0 Å². The lowest BCUT2D eigenvalue weighted by molar-refractivity contribution is 0.550. The molecule has 0 bridgehead atoms. The molecule has 1 fully saturated rings. The predicted molar refractivity (Wildman–Crippen MR) is 140 cm³/mol. The van der Waals surface area contributed by atoms with Crippen LogP contribution >= 0.6 is 0 Å². The van der Waals surface area contributed by atoms with Crippen molar-refractivity contribution in [2.45, 2.75) is 57.8 Å². The Balaban J connectivity index is 1.52. The van der Waals surface area contributed by atoms with Gasteiger partial charge in [-0.3, -0.25) is 4.98 Å². The van der Waals surface area contributed by atoms with Crippen LogP contribution in [-0.4, -0.2) is 4.98 Å². The predicted octanol–water partition coefficient (Wildman–Crippen LogP) is 8.92. The summed E-state index contributed by atoms with van der Waals surface area (Å²) in [6.45, 7) is 6.62. The molecular formula is C32H29NO. The largest absolute Gasteiger partial charge is 0.455 e. The molecule has 2 aliphatic carbocycles. The summed E-state index contributed by atoms with van der Waals surface area (Å²) in [5.41, 5.74) is 12.5. The zero-order valence-electron chi connectivity index (χ0n) is 20.1. The van der Waals surface area contributed by atoms with Gasteiger partial charge in [-0.25, -0.2) is 0 Å². The molecule has 2 aromatic heterocycles. The van der Waals surface area contributed by atoms with E-state index >= 15 is 0 Å². The van der Waals surface area contributed by atoms with E-state index in [2.05, 4.69) is 81.4 Å². The first kappa shape index (κ1) is 20.0. The molecule has 0 amide bonds. The summed E-state index contributed by atoms with van der Waals surface area (Å²) in [4.78, 5) is 4.76. The number of fused-ring (bicyclic) bond motifs is 8. The Hall–Kier alpha value is -3.39. The molecule has 2 aliphatic rings. The molecule has 7 rings (SSSR count). The molecule has 2 nitrogen and oxygen atoms in total. The van der Waals surface area contributed by atoms with E-state index in [0.717, 1.165) is 22.4 Å². The Labute approximate surface area is 200 Å². The molecule has 0 N–H and O–H groups in total. The minimum atomic E-state index is 0.171. The first-order valence-electron chi connectivity index (χ1n) is 12.6. The molecule has 5 aromatic rings.